The number of nitro benzene ring substituents is 1. The van der Waals surface area contributed by atoms with Crippen LogP contribution < -0.4 is 5.43 Å². The Bertz CT molecular complexity index is 971. The third-order valence-electron chi connectivity index (χ3n) is 3.62. The Morgan fingerprint density at radius 2 is 1.85 bits per heavy atom. The molecule has 0 aliphatic rings. The van der Waals surface area contributed by atoms with Gasteiger partial charge < -0.3 is 0 Å². The monoisotopic (exact) mass is 390 g/mol. The van der Waals surface area contributed by atoms with Gasteiger partial charge in [0.15, 0.2) is 0 Å². The zero-order valence-electron chi connectivity index (χ0n) is 14.7. The zero-order chi connectivity index (χ0) is 20.0. The van der Waals surface area contributed by atoms with Crippen LogP contribution in [0.1, 0.15) is 11.1 Å². The maximum absolute atomic E-state index is 12.4. The first-order chi connectivity index (χ1) is 12.7. The Kier molecular flexibility index (Phi) is 6.37. The van der Waals surface area contributed by atoms with Crippen molar-refractivity contribution in [1.29, 1.82) is 0 Å². The van der Waals surface area contributed by atoms with E-state index < -0.39 is 27.4 Å². The number of aryl methyl sites for hydroxylation is 1. The smallest absolute Gasteiger partial charge is 0.272 e. The summed E-state index contributed by atoms with van der Waals surface area (Å²) in [5.41, 5.74) is 3.13. The maximum Gasteiger partial charge on any atom is 0.278 e. The molecular weight excluding hydrogens is 372 g/mol. The van der Waals surface area contributed by atoms with E-state index in [0.29, 0.717) is 0 Å². The van der Waals surface area contributed by atoms with Gasteiger partial charge in [0.25, 0.3) is 11.6 Å². The van der Waals surface area contributed by atoms with Crippen LogP contribution in [0.3, 0.4) is 0 Å². The maximum atomic E-state index is 12.4. The molecule has 0 bridgehead atoms. The van der Waals surface area contributed by atoms with E-state index in [1.54, 1.807) is 18.2 Å². The van der Waals surface area contributed by atoms with Crippen LogP contribution in [0.25, 0.3) is 0 Å². The number of amides is 1. The van der Waals surface area contributed by atoms with E-state index in [1.165, 1.54) is 37.4 Å². The predicted octanol–water partition coefficient (Wildman–Crippen LogP) is 1.67. The third-order valence-corrected chi connectivity index (χ3v) is 5.44. The predicted molar refractivity (Wildman–Crippen MR) is 99.8 cm³/mol. The summed E-state index contributed by atoms with van der Waals surface area (Å²) in [5.74, 6) is -0.678. The minimum Gasteiger partial charge on any atom is -0.272 e. The summed E-state index contributed by atoms with van der Waals surface area (Å²) < 4.78 is 25.7. The van der Waals surface area contributed by atoms with Gasteiger partial charge in [0.1, 0.15) is 0 Å². The fourth-order valence-electron chi connectivity index (χ4n) is 2.15. The Morgan fingerprint density at radius 1 is 1.22 bits per heavy atom. The lowest BCUT2D eigenvalue weighted by Gasteiger charge is -2.16. The van der Waals surface area contributed by atoms with E-state index >= 15 is 0 Å². The molecule has 142 valence electrons. The standard InChI is InChI=1S/C17H18N4O5S/c1-13-7-9-15(10-8-13)27(25,26)20(2)12-17(22)19-18-11-14-5-3-4-6-16(14)21(23)24/h3-11H,12H2,1-2H3,(H,19,22)/b18-11-. The lowest BCUT2D eigenvalue weighted by atomic mass is 10.2. The molecule has 0 atom stereocenters. The van der Waals surface area contributed by atoms with E-state index in [1.807, 2.05) is 6.92 Å². The molecule has 1 N–H and O–H groups in total. The Hall–Kier alpha value is -3.11. The van der Waals surface area contributed by atoms with Gasteiger partial charge in [0, 0.05) is 13.1 Å². The van der Waals surface area contributed by atoms with Crippen LogP contribution in [0.15, 0.2) is 58.5 Å². The van der Waals surface area contributed by atoms with Crippen molar-refractivity contribution < 1.29 is 18.1 Å². The van der Waals surface area contributed by atoms with Gasteiger partial charge >= 0.3 is 0 Å². The number of carbonyl (C=O) groups is 1. The van der Waals surface area contributed by atoms with Gasteiger partial charge in [-0.15, -0.1) is 0 Å². The third kappa shape index (κ3) is 5.19. The van der Waals surface area contributed by atoms with E-state index in [0.717, 1.165) is 16.1 Å². The minimum atomic E-state index is -3.81. The first-order valence-electron chi connectivity index (χ1n) is 7.80. The number of nitrogens with one attached hydrogen (secondary N) is 1. The Labute approximate surface area is 156 Å². The van der Waals surface area contributed by atoms with E-state index in [4.69, 9.17) is 0 Å². The molecule has 0 spiro atoms. The molecular formula is C17H18N4O5S. The van der Waals surface area contributed by atoms with Crippen molar-refractivity contribution in [3.8, 4) is 0 Å². The molecule has 2 aromatic rings. The molecule has 27 heavy (non-hydrogen) atoms. The number of nitro groups is 1. The zero-order valence-corrected chi connectivity index (χ0v) is 15.5. The molecule has 0 saturated heterocycles. The molecule has 0 saturated carbocycles. The highest BCUT2D eigenvalue weighted by molar-refractivity contribution is 7.89. The topological polar surface area (TPSA) is 122 Å². The number of sulfonamides is 1. The first-order valence-corrected chi connectivity index (χ1v) is 9.24. The molecule has 0 fully saturated rings. The van der Waals surface area contributed by atoms with Crippen molar-refractivity contribution in [2.45, 2.75) is 11.8 Å². The quantitative estimate of drug-likeness (QED) is 0.438. The SMILES string of the molecule is Cc1ccc(S(=O)(=O)N(C)CC(=O)N/N=C\c2ccccc2[N+](=O)[O-])cc1. The van der Waals surface area contributed by atoms with Gasteiger partial charge in [-0.05, 0) is 25.1 Å². The summed E-state index contributed by atoms with van der Waals surface area (Å²) >= 11 is 0. The minimum absolute atomic E-state index is 0.0758. The molecule has 0 aliphatic heterocycles. The average molecular weight is 390 g/mol. The summed E-state index contributed by atoms with van der Waals surface area (Å²) in [6.07, 6.45) is 1.13. The van der Waals surface area contributed by atoms with Crippen LogP contribution >= 0.6 is 0 Å². The summed E-state index contributed by atoms with van der Waals surface area (Å²) in [6.45, 7) is 1.38. The van der Waals surface area contributed by atoms with Crippen molar-refractivity contribution in [2.75, 3.05) is 13.6 Å². The number of hydrazone groups is 1. The summed E-state index contributed by atoms with van der Waals surface area (Å²) in [6, 6.07) is 12.1. The second kappa shape index (κ2) is 8.52. The van der Waals surface area contributed by atoms with Crippen molar-refractivity contribution >= 4 is 27.8 Å². The summed E-state index contributed by atoms with van der Waals surface area (Å²) in [5, 5.41) is 14.6. The fourth-order valence-corrected chi connectivity index (χ4v) is 3.28. The van der Waals surface area contributed by atoms with Gasteiger partial charge in [-0.25, -0.2) is 13.8 Å². The molecule has 0 heterocycles. The summed E-state index contributed by atoms with van der Waals surface area (Å²) in [7, 11) is -2.54. The number of likely N-dealkylation sites (N-methyl/N-ethyl adjacent to an activating group) is 1. The first kappa shape index (κ1) is 20.2. The molecule has 2 rings (SSSR count). The average Bonchev–Trinajstić information content (AvgIpc) is 2.62. The molecule has 2 aromatic carbocycles. The largest absolute Gasteiger partial charge is 0.278 e. The lowest BCUT2D eigenvalue weighted by molar-refractivity contribution is -0.385. The number of carbonyl (C=O) groups excluding carboxylic acids is 1. The van der Waals surface area contributed by atoms with Gasteiger partial charge in [-0.1, -0.05) is 29.8 Å². The van der Waals surface area contributed by atoms with E-state index in [9.17, 15) is 23.3 Å². The fraction of sp³-hybridized carbons (Fsp3) is 0.176. The number of rotatable bonds is 7. The second-order valence-electron chi connectivity index (χ2n) is 5.68. The Balaban J connectivity index is 2.01. The highest BCUT2D eigenvalue weighted by atomic mass is 32.2. The number of nitrogens with zero attached hydrogens (tertiary/aromatic N) is 3. The van der Waals surface area contributed by atoms with Gasteiger partial charge in [-0.2, -0.15) is 9.41 Å². The van der Waals surface area contributed by atoms with Gasteiger partial charge in [0.05, 0.1) is 28.1 Å². The van der Waals surface area contributed by atoms with Crippen molar-refractivity contribution in [3.05, 3.63) is 69.8 Å². The van der Waals surface area contributed by atoms with Gasteiger partial charge in [0.2, 0.25) is 10.0 Å². The molecule has 0 radical (unpaired) electrons. The van der Waals surface area contributed by atoms with E-state index in [2.05, 4.69) is 10.5 Å². The highest BCUT2D eigenvalue weighted by Gasteiger charge is 2.22. The van der Waals surface area contributed by atoms with Crippen LogP contribution in [-0.4, -0.2) is 43.4 Å². The van der Waals surface area contributed by atoms with Crippen LogP contribution in [0.2, 0.25) is 0 Å². The summed E-state index contributed by atoms with van der Waals surface area (Å²) in [4.78, 5) is 22.4. The van der Waals surface area contributed by atoms with Crippen molar-refractivity contribution in [1.82, 2.24) is 9.73 Å². The van der Waals surface area contributed by atoms with E-state index in [-0.39, 0.29) is 16.1 Å². The number of hydrogen-bond donors (Lipinski definition) is 1. The highest BCUT2D eigenvalue weighted by Crippen LogP contribution is 2.16. The Morgan fingerprint density at radius 3 is 2.48 bits per heavy atom. The molecule has 10 heteroatoms. The van der Waals surface area contributed by atoms with Crippen LogP contribution in [0.4, 0.5) is 5.69 Å². The van der Waals surface area contributed by atoms with Crippen LogP contribution in [0.5, 0.6) is 0 Å². The number of benzene rings is 2. The van der Waals surface area contributed by atoms with Crippen molar-refractivity contribution in [2.24, 2.45) is 5.10 Å². The molecule has 0 aliphatic carbocycles. The lowest BCUT2D eigenvalue weighted by Crippen LogP contribution is -2.36. The van der Waals surface area contributed by atoms with Gasteiger partial charge in [-0.3, -0.25) is 14.9 Å². The number of para-hydroxylation sites is 1. The molecule has 9 nitrogen and oxygen atoms in total. The van der Waals surface area contributed by atoms with Crippen LogP contribution in [0, 0.1) is 17.0 Å². The normalized spacial score (nSPS) is 11.7. The number of hydrogen-bond acceptors (Lipinski definition) is 6. The molecule has 0 aromatic heterocycles. The molecule has 1 amide bonds. The van der Waals surface area contributed by atoms with Crippen molar-refractivity contribution in [3.63, 3.8) is 0 Å². The second-order valence-corrected chi connectivity index (χ2v) is 7.73. The molecule has 0 unspecified atom stereocenters. The van der Waals surface area contributed by atoms with Crippen LogP contribution in [-0.2, 0) is 14.8 Å².